The van der Waals surface area contributed by atoms with Gasteiger partial charge in [-0.3, -0.25) is 9.48 Å². The molecule has 152 valence electrons. The van der Waals surface area contributed by atoms with E-state index < -0.39 is 36.6 Å². The number of aromatic nitrogens is 4. The maximum absolute atomic E-state index is 13.3. The molecule has 1 atom stereocenters. The number of carbonyl (C=O) groups excluding carboxylic acids is 1. The normalized spacial score (nSPS) is 19.8. The Morgan fingerprint density at radius 1 is 1.32 bits per heavy atom. The molecule has 0 spiro atoms. The van der Waals surface area contributed by atoms with Crippen LogP contribution in [0, 0.1) is 13.8 Å². The third-order valence-electron chi connectivity index (χ3n) is 4.26. The molecule has 0 aromatic carbocycles. The number of hydrogen-bond acceptors (Lipinski definition) is 5. The van der Waals surface area contributed by atoms with Gasteiger partial charge < -0.3 is 5.11 Å². The lowest BCUT2D eigenvalue weighted by atomic mass is 10.1. The van der Waals surface area contributed by atoms with Gasteiger partial charge in [-0.05, 0) is 35.8 Å². The highest BCUT2D eigenvalue weighted by Gasteiger charge is 2.53. The second kappa shape index (κ2) is 7.28. The smallest absolute Gasteiger partial charge is 0.297 e. The zero-order chi connectivity index (χ0) is 20.8. The molecule has 0 saturated carbocycles. The average Bonchev–Trinajstić information content (AvgIpc) is 3.29. The summed E-state index contributed by atoms with van der Waals surface area (Å²) in [5.74, 6) is -1.22. The monoisotopic (exact) mass is 466 g/mol. The topological polar surface area (TPSA) is 88.5 Å². The summed E-state index contributed by atoms with van der Waals surface area (Å²) >= 11 is 3.38. The maximum atomic E-state index is 13.3. The number of alkyl halides is 4. The highest BCUT2D eigenvalue weighted by Crippen LogP contribution is 2.34. The fraction of sp³-hybridized carbons (Fsp3) is 0.467. The summed E-state index contributed by atoms with van der Waals surface area (Å²) in [6.07, 6.45) is -6.42. The number of rotatable bonds is 5. The van der Waals surface area contributed by atoms with E-state index in [0.29, 0.717) is 0 Å². The minimum atomic E-state index is -3.49. The molecule has 0 aliphatic carbocycles. The van der Waals surface area contributed by atoms with Crippen molar-refractivity contribution in [2.24, 2.45) is 5.10 Å². The molecule has 28 heavy (non-hydrogen) atoms. The molecule has 0 fully saturated rings. The van der Waals surface area contributed by atoms with E-state index in [0.717, 1.165) is 15.9 Å². The fourth-order valence-electron chi connectivity index (χ4n) is 2.72. The summed E-state index contributed by atoms with van der Waals surface area (Å²) in [4.78, 5) is 12.5. The molecule has 1 unspecified atom stereocenters. The van der Waals surface area contributed by atoms with Crippen LogP contribution in [0.1, 0.15) is 28.3 Å². The van der Waals surface area contributed by atoms with E-state index in [1.165, 1.54) is 16.9 Å². The van der Waals surface area contributed by atoms with Gasteiger partial charge in [-0.25, -0.2) is 22.2 Å². The molecule has 0 saturated heterocycles. The van der Waals surface area contributed by atoms with E-state index in [1.807, 2.05) is 6.92 Å². The van der Waals surface area contributed by atoms with Gasteiger partial charge in [0.25, 0.3) is 18.8 Å². The lowest BCUT2D eigenvalue weighted by molar-refractivity contribution is -0.164. The molecule has 13 heteroatoms. The van der Waals surface area contributed by atoms with Crippen molar-refractivity contribution < 1.29 is 27.5 Å². The van der Waals surface area contributed by atoms with Gasteiger partial charge >= 0.3 is 0 Å². The zero-order valence-corrected chi connectivity index (χ0v) is 16.2. The van der Waals surface area contributed by atoms with Crippen molar-refractivity contribution in [2.75, 3.05) is 0 Å². The summed E-state index contributed by atoms with van der Waals surface area (Å²) in [6, 6.07) is 1.21. The number of hydrogen-bond donors (Lipinski definition) is 1. The first-order valence-corrected chi connectivity index (χ1v) is 8.77. The number of hydrazone groups is 1. The Morgan fingerprint density at radius 3 is 2.54 bits per heavy atom. The molecule has 1 N–H and O–H groups in total. The summed E-state index contributed by atoms with van der Waals surface area (Å²) in [5, 5.41) is 21.5. The predicted octanol–water partition coefficient (Wildman–Crippen LogP) is 2.39. The van der Waals surface area contributed by atoms with Crippen LogP contribution in [0.4, 0.5) is 17.6 Å². The minimum Gasteiger partial charge on any atom is -0.364 e. The Labute approximate surface area is 164 Å². The van der Waals surface area contributed by atoms with Gasteiger partial charge in [-0.2, -0.15) is 20.3 Å². The Morgan fingerprint density at radius 2 is 2.00 bits per heavy atom. The summed E-state index contributed by atoms with van der Waals surface area (Å²) in [5.41, 5.74) is -2.93. The first-order valence-electron chi connectivity index (χ1n) is 7.98. The quantitative estimate of drug-likeness (QED) is 0.685. The predicted molar refractivity (Wildman–Crippen MR) is 92.2 cm³/mol. The van der Waals surface area contributed by atoms with E-state index in [2.05, 4.69) is 31.2 Å². The third-order valence-corrected chi connectivity index (χ3v) is 5.41. The first-order chi connectivity index (χ1) is 13.0. The molecule has 0 radical (unpaired) electrons. The van der Waals surface area contributed by atoms with E-state index in [4.69, 9.17) is 0 Å². The highest BCUT2D eigenvalue weighted by molar-refractivity contribution is 9.10. The number of carbonyl (C=O) groups is 1. The van der Waals surface area contributed by atoms with Crippen molar-refractivity contribution in [1.29, 1.82) is 0 Å². The number of halogens is 5. The van der Waals surface area contributed by atoms with E-state index >= 15 is 0 Å². The summed E-state index contributed by atoms with van der Waals surface area (Å²) in [7, 11) is 0. The molecular formula is C15H15BrF4N6O2. The van der Waals surface area contributed by atoms with Crippen LogP contribution in [0.15, 0.2) is 21.8 Å². The molecule has 2 aromatic heterocycles. The maximum Gasteiger partial charge on any atom is 0.297 e. The van der Waals surface area contributed by atoms with E-state index in [1.54, 1.807) is 11.6 Å². The number of amides is 1. The van der Waals surface area contributed by atoms with Crippen molar-refractivity contribution >= 4 is 27.5 Å². The van der Waals surface area contributed by atoms with Gasteiger partial charge in [0.2, 0.25) is 5.72 Å². The molecule has 0 bridgehead atoms. The van der Waals surface area contributed by atoms with Crippen molar-refractivity contribution in [3.05, 3.63) is 33.8 Å². The molecule has 1 amide bonds. The third kappa shape index (κ3) is 3.43. The number of nitrogens with zero attached hydrogens (tertiary/aromatic N) is 6. The van der Waals surface area contributed by atoms with Crippen LogP contribution in [-0.2, 0) is 6.67 Å². The molecule has 3 heterocycles. The van der Waals surface area contributed by atoms with Gasteiger partial charge in [-0.15, -0.1) is 0 Å². The zero-order valence-electron chi connectivity index (χ0n) is 14.7. The van der Waals surface area contributed by atoms with E-state index in [9.17, 15) is 27.5 Å². The molecule has 3 rings (SSSR count). The Kier molecular flexibility index (Phi) is 5.32. The van der Waals surface area contributed by atoms with Crippen molar-refractivity contribution in [2.45, 2.75) is 45.5 Å². The average molecular weight is 467 g/mol. The van der Waals surface area contributed by atoms with Crippen molar-refractivity contribution in [1.82, 2.24) is 24.6 Å². The lowest BCUT2D eigenvalue weighted by Gasteiger charge is -2.29. The van der Waals surface area contributed by atoms with Crippen LogP contribution in [-0.4, -0.2) is 59.9 Å². The standard InChI is InChI=1S/C15H15BrF4N6O2/c1-7-11(16)8(2)25(21-7)6-24-4-3-9(22-24)13(27)26-15(28,14(19)20)5-10(23-26)12(17)18/h3-4,12,14,28H,5-6H2,1-2H3. The van der Waals surface area contributed by atoms with Crippen LogP contribution in [0.5, 0.6) is 0 Å². The van der Waals surface area contributed by atoms with Gasteiger partial charge in [0.1, 0.15) is 12.4 Å². The molecule has 1 aliphatic rings. The number of aryl methyl sites for hydroxylation is 1. The SMILES string of the molecule is Cc1nn(Cn2ccc(C(=O)N3N=C(C(F)F)CC3(O)C(F)F)n2)c(C)c1Br. The molecule has 2 aromatic rings. The number of aliphatic hydroxyl groups is 1. The van der Waals surface area contributed by atoms with Crippen LogP contribution in [0.2, 0.25) is 0 Å². The van der Waals surface area contributed by atoms with Gasteiger partial charge in [0, 0.05) is 12.6 Å². The fourth-order valence-corrected chi connectivity index (χ4v) is 3.00. The second-order valence-electron chi connectivity index (χ2n) is 6.23. The summed E-state index contributed by atoms with van der Waals surface area (Å²) < 4.78 is 55.9. The van der Waals surface area contributed by atoms with E-state index in [-0.39, 0.29) is 17.4 Å². The van der Waals surface area contributed by atoms with Crippen molar-refractivity contribution in [3.63, 3.8) is 0 Å². The molecular weight excluding hydrogens is 452 g/mol. The van der Waals surface area contributed by atoms with Crippen LogP contribution >= 0.6 is 15.9 Å². The van der Waals surface area contributed by atoms with Gasteiger partial charge in [-0.1, -0.05) is 0 Å². The Bertz CT molecular complexity index is 943. The Hall–Kier alpha value is -2.28. The molecule has 8 nitrogen and oxygen atoms in total. The van der Waals surface area contributed by atoms with Crippen LogP contribution in [0.25, 0.3) is 0 Å². The van der Waals surface area contributed by atoms with Crippen LogP contribution < -0.4 is 0 Å². The largest absolute Gasteiger partial charge is 0.364 e. The van der Waals surface area contributed by atoms with Gasteiger partial charge in [0.05, 0.1) is 15.9 Å². The Balaban J connectivity index is 1.85. The highest BCUT2D eigenvalue weighted by atomic mass is 79.9. The lowest BCUT2D eigenvalue weighted by Crippen LogP contribution is -2.51. The first kappa shape index (κ1) is 20.5. The minimum absolute atomic E-state index is 0.0221. The van der Waals surface area contributed by atoms with Crippen molar-refractivity contribution in [3.8, 4) is 0 Å². The van der Waals surface area contributed by atoms with Gasteiger partial charge in [0.15, 0.2) is 5.69 Å². The molecule has 1 aliphatic heterocycles. The summed E-state index contributed by atoms with van der Waals surface area (Å²) in [6.45, 7) is 3.73. The van der Waals surface area contributed by atoms with Crippen LogP contribution in [0.3, 0.4) is 0 Å². The second-order valence-corrected chi connectivity index (χ2v) is 7.02.